The molecular formula is C15H24O3. The molecule has 1 spiro atoms. The first-order chi connectivity index (χ1) is 8.25. The van der Waals surface area contributed by atoms with Crippen molar-refractivity contribution in [3.05, 3.63) is 0 Å². The number of carbonyl (C=O) groups excluding carboxylic acids is 1. The molecule has 1 aliphatic heterocycles. The maximum absolute atomic E-state index is 11.6. The Balaban J connectivity index is 1.99. The number of hydrogen-bond acceptors (Lipinski definition) is 3. The van der Waals surface area contributed by atoms with Gasteiger partial charge in [-0.2, -0.15) is 0 Å². The van der Waals surface area contributed by atoms with Gasteiger partial charge in [0, 0.05) is 11.8 Å². The first kappa shape index (κ1) is 12.5. The Hall–Kier alpha value is -0.570. The van der Waals surface area contributed by atoms with Gasteiger partial charge in [0.05, 0.1) is 5.60 Å². The van der Waals surface area contributed by atoms with Crippen molar-refractivity contribution in [2.45, 2.75) is 71.0 Å². The van der Waals surface area contributed by atoms with E-state index in [1.54, 1.807) is 0 Å². The minimum atomic E-state index is -0.584. The molecule has 3 aliphatic rings. The predicted octanol–water partition coefficient (Wildman–Crippen LogP) is 2.66. The van der Waals surface area contributed by atoms with E-state index in [-0.39, 0.29) is 22.9 Å². The van der Waals surface area contributed by atoms with Gasteiger partial charge in [-0.3, -0.25) is 4.79 Å². The van der Waals surface area contributed by atoms with Crippen molar-refractivity contribution in [2.24, 2.45) is 16.7 Å². The minimum Gasteiger partial charge on any atom is -0.462 e. The summed E-state index contributed by atoms with van der Waals surface area (Å²) in [6, 6.07) is 0. The highest BCUT2D eigenvalue weighted by Gasteiger charge is 2.64. The van der Waals surface area contributed by atoms with E-state index in [0.717, 1.165) is 32.1 Å². The number of rotatable bonds is 0. The van der Waals surface area contributed by atoms with E-state index in [1.807, 2.05) is 6.92 Å². The van der Waals surface area contributed by atoms with Crippen LogP contribution in [0.25, 0.3) is 0 Å². The molecule has 1 saturated heterocycles. The second-order valence-corrected chi connectivity index (χ2v) is 7.67. The molecule has 0 aromatic rings. The van der Waals surface area contributed by atoms with Crippen LogP contribution in [-0.2, 0) is 9.53 Å². The monoisotopic (exact) mass is 252 g/mol. The lowest BCUT2D eigenvalue weighted by molar-refractivity contribution is -0.178. The summed E-state index contributed by atoms with van der Waals surface area (Å²) < 4.78 is 5.65. The average Bonchev–Trinajstić information content (AvgIpc) is 2.43. The summed E-state index contributed by atoms with van der Waals surface area (Å²) in [7, 11) is 0. The summed E-state index contributed by atoms with van der Waals surface area (Å²) in [6.45, 7) is 6.54. The van der Waals surface area contributed by atoms with Gasteiger partial charge in [-0.05, 0) is 50.4 Å². The molecule has 3 fully saturated rings. The molecule has 2 saturated carbocycles. The summed E-state index contributed by atoms with van der Waals surface area (Å²) in [4.78, 5) is 11.6. The highest BCUT2D eigenvalue weighted by molar-refractivity contribution is 5.70. The minimum absolute atomic E-state index is 0.0329. The molecule has 0 bridgehead atoms. The lowest BCUT2D eigenvalue weighted by atomic mass is 9.56. The number of esters is 1. The third-order valence-electron chi connectivity index (χ3n) is 5.74. The van der Waals surface area contributed by atoms with Gasteiger partial charge in [0.1, 0.15) is 6.10 Å². The molecule has 0 aromatic heterocycles. The standard InChI is InChI=1S/C15H24O3/c1-13(2)8-11-15(7-5-12(16)18-11)9-14(3,17)6-4-10(13)15/h10-11,17H,4-9H2,1-3H3/t10-,11-,14+,15-/m0/s1. The molecule has 3 rings (SSSR count). The summed E-state index contributed by atoms with van der Waals surface area (Å²) in [6.07, 6.45) is 5.16. The lowest BCUT2D eigenvalue weighted by Crippen LogP contribution is -2.51. The second-order valence-electron chi connectivity index (χ2n) is 7.67. The molecule has 4 atom stereocenters. The van der Waals surface area contributed by atoms with E-state index in [0.29, 0.717) is 12.3 Å². The topological polar surface area (TPSA) is 46.5 Å². The van der Waals surface area contributed by atoms with E-state index in [1.165, 1.54) is 0 Å². The van der Waals surface area contributed by atoms with E-state index >= 15 is 0 Å². The fourth-order valence-electron chi connectivity index (χ4n) is 5.13. The lowest BCUT2D eigenvalue weighted by Gasteiger charge is -2.51. The molecular weight excluding hydrogens is 228 g/mol. The second kappa shape index (κ2) is 3.50. The van der Waals surface area contributed by atoms with Crippen molar-refractivity contribution < 1.29 is 14.6 Å². The van der Waals surface area contributed by atoms with Crippen molar-refractivity contribution in [3.63, 3.8) is 0 Å². The molecule has 1 N–H and O–H groups in total. The van der Waals surface area contributed by atoms with Gasteiger partial charge in [0.25, 0.3) is 0 Å². The molecule has 1 heterocycles. The molecule has 0 radical (unpaired) electrons. The zero-order valence-corrected chi connectivity index (χ0v) is 11.7. The van der Waals surface area contributed by atoms with Crippen LogP contribution in [0.5, 0.6) is 0 Å². The van der Waals surface area contributed by atoms with E-state index in [9.17, 15) is 9.90 Å². The molecule has 102 valence electrons. The summed E-state index contributed by atoms with van der Waals surface area (Å²) in [5.41, 5.74) is -0.316. The van der Waals surface area contributed by atoms with Gasteiger partial charge in [-0.15, -0.1) is 0 Å². The van der Waals surface area contributed by atoms with E-state index < -0.39 is 5.60 Å². The zero-order valence-electron chi connectivity index (χ0n) is 11.7. The highest BCUT2D eigenvalue weighted by atomic mass is 16.5. The first-order valence-corrected chi connectivity index (χ1v) is 7.17. The van der Waals surface area contributed by atoms with Crippen LogP contribution in [0.1, 0.15) is 59.3 Å². The Morgan fingerprint density at radius 3 is 2.72 bits per heavy atom. The largest absolute Gasteiger partial charge is 0.462 e. The molecule has 0 amide bonds. The third kappa shape index (κ3) is 1.63. The Morgan fingerprint density at radius 1 is 1.28 bits per heavy atom. The van der Waals surface area contributed by atoms with Gasteiger partial charge in [0.2, 0.25) is 0 Å². The molecule has 3 heteroatoms. The van der Waals surface area contributed by atoms with Crippen LogP contribution in [0.3, 0.4) is 0 Å². The average molecular weight is 252 g/mol. The van der Waals surface area contributed by atoms with Crippen LogP contribution in [0.4, 0.5) is 0 Å². The Labute approximate surface area is 109 Å². The van der Waals surface area contributed by atoms with E-state index in [4.69, 9.17) is 4.74 Å². The first-order valence-electron chi connectivity index (χ1n) is 7.17. The van der Waals surface area contributed by atoms with Crippen LogP contribution in [0.15, 0.2) is 0 Å². The smallest absolute Gasteiger partial charge is 0.306 e. The van der Waals surface area contributed by atoms with Gasteiger partial charge in [-0.25, -0.2) is 0 Å². The number of aliphatic hydroxyl groups is 1. The van der Waals surface area contributed by atoms with Gasteiger partial charge in [-0.1, -0.05) is 13.8 Å². The predicted molar refractivity (Wildman–Crippen MR) is 67.9 cm³/mol. The maximum Gasteiger partial charge on any atom is 0.306 e. The molecule has 2 aliphatic carbocycles. The van der Waals surface area contributed by atoms with Crippen molar-refractivity contribution in [1.82, 2.24) is 0 Å². The van der Waals surface area contributed by atoms with Crippen LogP contribution in [0, 0.1) is 16.7 Å². The summed E-state index contributed by atoms with van der Waals surface area (Å²) in [5.74, 6) is 0.538. The molecule has 3 nitrogen and oxygen atoms in total. The van der Waals surface area contributed by atoms with Gasteiger partial charge in [0.15, 0.2) is 0 Å². The fraction of sp³-hybridized carbons (Fsp3) is 0.933. The number of ether oxygens (including phenoxy) is 1. The normalized spacial score (nSPS) is 50.3. The quantitative estimate of drug-likeness (QED) is 0.674. The Morgan fingerprint density at radius 2 is 2.00 bits per heavy atom. The van der Waals surface area contributed by atoms with Crippen LogP contribution >= 0.6 is 0 Å². The summed E-state index contributed by atoms with van der Waals surface area (Å²) >= 11 is 0. The van der Waals surface area contributed by atoms with Crippen molar-refractivity contribution in [2.75, 3.05) is 0 Å². The van der Waals surface area contributed by atoms with Crippen LogP contribution in [0.2, 0.25) is 0 Å². The van der Waals surface area contributed by atoms with Crippen molar-refractivity contribution in [3.8, 4) is 0 Å². The molecule has 0 unspecified atom stereocenters. The maximum atomic E-state index is 11.6. The van der Waals surface area contributed by atoms with Crippen LogP contribution in [-0.4, -0.2) is 22.8 Å². The van der Waals surface area contributed by atoms with Crippen molar-refractivity contribution >= 4 is 5.97 Å². The van der Waals surface area contributed by atoms with Gasteiger partial charge >= 0.3 is 5.97 Å². The number of hydrogen-bond donors (Lipinski definition) is 1. The zero-order chi connectivity index (χ0) is 13.2. The summed E-state index contributed by atoms with van der Waals surface area (Å²) in [5, 5.41) is 10.5. The third-order valence-corrected chi connectivity index (χ3v) is 5.74. The molecule has 18 heavy (non-hydrogen) atoms. The highest BCUT2D eigenvalue weighted by Crippen LogP contribution is 2.65. The SMILES string of the molecule is CC1(C)C[C@@H]2OC(=O)CC[C@@]23C[C@](C)(O)CC[C@@H]13. The van der Waals surface area contributed by atoms with Crippen molar-refractivity contribution in [1.29, 1.82) is 0 Å². The fourth-order valence-corrected chi connectivity index (χ4v) is 5.13. The van der Waals surface area contributed by atoms with Gasteiger partial charge < -0.3 is 9.84 Å². The number of carbonyl (C=O) groups is 1. The van der Waals surface area contributed by atoms with Crippen LogP contribution < -0.4 is 0 Å². The molecule has 0 aromatic carbocycles. The van der Waals surface area contributed by atoms with E-state index in [2.05, 4.69) is 13.8 Å². The Kier molecular flexibility index (Phi) is 2.42. The Bertz CT molecular complexity index is 385.